The molecule has 0 aliphatic carbocycles. The quantitative estimate of drug-likeness (QED) is 0.875. The highest BCUT2D eigenvalue weighted by Crippen LogP contribution is 2.22. The van der Waals surface area contributed by atoms with Gasteiger partial charge in [-0.05, 0) is 31.9 Å². The zero-order valence-corrected chi connectivity index (χ0v) is 14.1. The summed E-state index contributed by atoms with van der Waals surface area (Å²) in [5.41, 5.74) is 7.82. The van der Waals surface area contributed by atoms with Crippen LogP contribution in [0, 0.1) is 0 Å². The summed E-state index contributed by atoms with van der Waals surface area (Å²) >= 11 is 0. The van der Waals surface area contributed by atoms with Gasteiger partial charge in [0.25, 0.3) is 0 Å². The maximum Gasteiger partial charge on any atom is 0.409 e. The monoisotopic (exact) mass is 331 g/mol. The molecule has 1 aliphatic heterocycles. The summed E-state index contributed by atoms with van der Waals surface area (Å²) in [6.07, 6.45) is 1.54. The van der Waals surface area contributed by atoms with E-state index in [9.17, 15) is 4.79 Å². The number of para-hydroxylation sites is 2. The molecule has 1 aliphatic rings. The largest absolute Gasteiger partial charge is 0.450 e. The third-order valence-corrected chi connectivity index (χ3v) is 4.36. The highest BCUT2D eigenvalue weighted by molar-refractivity contribution is 5.78. The number of ether oxygens (including phenoxy) is 1. The first-order chi connectivity index (χ1) is 11.7. The number of hydrogen-bond donors (Lipinski definition) is 2. The van der Waals surface area contributed by atoms with Crippen LogP contribution < -0.4 is 11.1 Å². The van der Waals surface area contributed by atoms with E-state index < -0.39 is 0 Å². The van der Waals surface area contributed by atoms with E-state index in [2.05, 4.69) is 16.0 Å². The molecular weight excluding hydrogens is 306 g/mol. The maximum absolute atomic E-state index is 11.8. The van der Waals surface area contributed by atoms with Crippen LogP contribution in [0.5, 0.6) is 0 Å². The van der Waals surface area contributed by atoms with E-state index in [0.717, 1.165) is 36.4 Å². The molecule has 7 heteroatoms. The molecule has 1 aromatic heterocycles. The number of anilines is 1. The minimum atomic E-state index is -0.216. The van der Waals surface area contributed by atoms with Crippen molar-refractivity contribution < 1.29 is 9.53 Å². The Hall–Kier alpha value is -2.28. The minimum Gasteiger partial charge on any atom is -0.450 e. The lowest BCUT2D eigenvalue weighted by Gasteiger charge is -2.31. The highest BCUT2D eigenvalue weighted by atomic mass is 16.6. The molecule has 3 N–H and O–H groups in total. The Balaban J connectivity index is 1.68. The SMILES string of the molecule is CCOC(=O)N1CCC(Nc2nc3ccccc3n2CCN)CC1. The summed E-state index contributed by atoms with van der Waals surface area (Å²) in [6, 6.07) is 8.37. The van der Waals surface area contributed by atoms with Crippen LogP contribution >= 0.6 is 0 Å². The van der Waals surface area contributed by atoms with Crippen LogP contribution in [0.2, 0.25) is 0 Å². The number of amides is 1. The third-order valence-electron chi connectivity index (χ3n) is 4.36. The summed E-state index contributed by atoms with van der Waals surface area (Å²) in [5.74, 6) is 0.858. The third kappa shape index (κ3) is 3.46. The van der Waals surface area contributed by atoms with Gasteiger partial charge in [-0.1, -0.05) is 12.1 Å². The summed E-state index contributed by atoms with van der Waals surface area (Å²) in [7, 11) is 0. The number of nitrogens with zero attached hydrogens (tertiary/aromatic N) is 3. The topological polar surface area (TPSA) is 85.4 Å². The first-order valence-electron chi connectivity index (χ1n) is 8.56. The number of fused-ring (bicyclic) bond motifs is 1. The van der Waals surface area contributed by atoms with Gasteiger partial charge in [0, 0.05) is 32.2 Å². The molecule has 0 saturated carbocycles. The average Bonchev–Trinajstić information content (AvgIpc) is 2.94. The van der Waals surface area contributed by atoms with Gasteiger partial charge in [-0.25, -0.2) is 9.78 Å². The second kappa shape index (κ2) is 7.53. The Bertz CT molecular complexity index is 691. The molecule has 3 rings (SSSR count). The van der Waals surface area contributed by atoms with Gasteiger partial charge >= 0.3 is 6.09 Å². The Morgan fingerprint density at radius 3 is 2.83 bits per heavy atom. The standard InChI is InChI=1S/C17H25N5O2/c1-2-24-17(23)21-10-7-13(8-11-21)19-16-20-14-5-3-4-6-15(14)22(16)12-9-18/h3-6,13H,2,7-12,18H2,1H3,(H,19,20). The molecule has 2 aromatic rings. The van der Waals surface area contributed by atoms with Gasteiger partial charge in [0.1, 0.15) is 0 Å². The fourth-order valence-corrected chi connectivity index (χ4v) is 3.14. The summed E-state index contributed by atoms with van der Waals surface area (Å²) in [6.45, 7) is 4.94. The normalized spacial score (nSPS) is 15.7. The van der Waals surface area contributed by atoms with Gasteiger partial charge < -0.3 is 25.3 Å². The Kier molecular flexibility index (Phi) is 5.20. The number of piperidine rings is 1. The maximum atomic E-state index is 11.8. The highest BCUT2D eigenvalue weighted by Gasteiger charge is 2.24. The molecular formula is C17H25N5O2. The van der Waals surface area contributed by atoms with Crippen LogP contribution in [-0.2, 0) is 11.3 Å². The van der Waals surface area contributed by atoms with Gasteiger partial charge in [-0.15, -0.1) is 0 Å². The van der Waals surface area contributed by atoms with Gasteiger partial charge in [-0.2, -0.15) is 0 Å². The Morgan fingerprint density at radius 2 is 2.12 bits per heavy atom. The van der Waals surface area contributed by atoms with Crippen LogP contribution in [0.4, 0.5) is 10.7 Å². The first kappa shape index (κ1) is 16.6. The van der Waals surface area contributed by atoms with Crippen LogP contribution in [-0.4, -0.2) is 52.8 Å². The van der Waals surface area contributed by atoms with Gasteiger partial charge in [0.05, 0.1) is 17.6 Å². The van der Waals surface area contributed by atoms with Gasteiger partial charge in [-0.3, -0.25) is 0 Å². The predicted molar refractivity (Wildman–Crippen MR) is 94.0 cm³/mol. The number of aromatic nitrogens is 2. The molecule has 1 aromatic carbocycles. The fraction of sp³-hybridized carbons (Fsp3) is 0.529. The minimum absolute atomic E-state index is 0.216. The molecule has 0 atom stereocenters. The summed E-state index contributed by atoms with van der Waals surface area (Å²) in [5, 5.41) is 3.53. The number of rotatable bonds is 5. The molecule has 1 amide bonds. The van der Waals surface area contributed by atoms with Gasteiger partial charge in [0.15, 0.2) is 0 Å². The molecule has 0 radical (unpaired) electrons. The van der Waals surface area contributed by atoms with Crippen molar-refractivity contribution in [2.45, 2.75) is 32.4 Å². The number of nitrogens with one attached hydrogen (secondary N) is 1. The number of carbonyl (C=O) groups excluding carboxylic acids is 1. The zero-order valence-electron chi connectivity index (χ0n) is 14.1. The molecule has 7 nitrogen and oxygen atoms in total. The number of benzene rings is 1. The van der Waals surface area contributed by atoms with E-state index in [1.54, 1.807) is 4.90 Å². The van der Waals surface area contributed by atoms with E-state index in [1.807, 2.05) is 25.1 Å². The van der Waals surface area contributed by atoms with E-state index in [0.29, 0.717) is 32.3 Å². The number of nitrogens with two attached hydrogens (primary N) is 1. The lowest BCUT2D eigenvalue weighted by molar-refractivity contribution is 0.0983. The van der Waals surface area contributed by atoms with Crippen molar-refractivity contribution in [3.8, 4) is 0 Å². The molecule has 0 spiro atoms. The predicted octanol–water partition coefficient (Wildman–Crippen LogP) is 2.03. The van der Waals surface area contributed by atoms with E-state index in [1.165, 1.54) is 0 Å². The molecule has 0 unspecified atom stereocenters. The van der Waals surface area contributed by atoms with Crippen molar-refractivity contribution in [3.63, 3.8) is 0 Å². The average molecular weight is 331 g/mol. The molecule has 0 bridgehead atoms. The Labute approximate surface area is 141 Å². The summed E-state index contributed by atoms with van der Waals surface area (Å²) in [4.78, 5) is 18.2. The fourth-order valence-electron chi connectivity index (χ4n) is 3.14. The van der Waals surface area contributed by atoms with E-state index in [-0.39, 0.29) is 6.09 Å². The van der Waals surface area contributed by atoms with Crippen molar-refractivity contribution in [1.29, 1.82) is 0 Å². The Morgan fingerprint density at radius 1 is 1.38 bits per heavy atom. The number of hydrogen-bond acceptors (Lipinski definition) is 5. The molecule has 1 fully saturated rings. The lowest BCUT2D eigenvalue weighted by Crippen LogP contribution is -2.43. The first-order valence-corrected chi connectivity index (χ1v) is 8.56. The van der Waals surface area contributed by atoms with Crippen molar-refractivity contribution in [2.24, 2.45) is 5.73 Å². The van der Waals surface area contributed by atoms with E-state index in [4.69, 9.17) is 15.5 Å². The van der Waals surface area contributed by atoms with Crippen molar-refractivity contribution in [1.82, 2.24) is 14.5 Å². The van der Waals surface area contributed by atoms with E-state index >= 15 is 0 Å². The molecule has 130 valence electrons. The number of likely N-dealkylation sites (tertiary alicyclic amines) is 1. The van der Waals surface area contributed by atoms with Crippen LogP contribution in [0.25, 0.3) is 11.0 Å². The molecule has 1 saturated heterocycles. The number of carbonyl (C=O) groups is 1. The molecule has 2 heterocycles. The van der Waals surface area contributed by atoms with Crippen LogP contribution in [0.15, 0.2) is 24.3 Å². The second-order valence-electron chi connectivity index (χ2n) is 5.97. The molecule has 24 heavy (non-hydrogen) atoms. The second-order valence-corrected chi connectivity index (χ2v) is 5.97. The zero-order chi connectivity index (χ0) is 16.9. The van der Waals surface area contributed by atoms with Crippen LogP contribution in [0.1, 0.15) is 19.8 Å². The van der Waals surface area contributed by atoms with Crippen molar-refractivity contribution >= 4 is 23.1 Å². The van der Waals surface area contributed by atoms with Crippen molar-refractivity contribution in [2.75, 3.05) is 31.6 Å². The number of imidazole rings is 1. The van der Waals surface area contributed by atoms with Gasteiger partial charge in [0.2, 0.25) is 5.95 Å². The lowest BCUT2D eigenvalue weighted by atomic mass is 10.1. The van der Waals surface area contributed by atoms with Crippen LogP contribution in [0.3, 0.4) is 0 Å². The smallest absolute Gasteiger partial charge is 0.409 e. The summed E-state index contributed by atoms with van der Waals surface area (Å²) < 4.78 is 7.19. The van der Waals surface area contributed by atoms with Crippen molar-refractivity contribution in [3.05, 3.63) is 24.3 Å².